The normalized spacial score (nSPS) is 14.3. The van der Waals surface area contributed by atoms with E-state index in [2.05, 4.69) is 5.32 Å². The first-order chi connectivity index (χ1) is 12.5. The largest absolute Gasteiger partial charge is 0.482 e. The molecule has 26 heavy (non-hydrogen) atoms. The first kappa shape index (κ1) is 18.0. The SMILES string of the molecule is Cc1cc(=O)oc2cc(OCC(=O)OCC(=O)NC3CCCC3)ccc12. The maximum Gasteiger partial charge on any atom is 0.344 e. The predicted octanol–water partition coefficient (Wildman–Crippen LogP) is 2.08. The van der Waals surface area contributed by atoms with E-state index in [4.69, 9.17) is 13.9 Å². The van der Waals surface area contributed by atoms with Gasteiger partial charge in [-0.25, -0.2) is 9.59 Å². The van der Waals surface area contributed by atoms with Crippen molar-refractivity contribution in [3.8, 4) is 5.75 Å². The topological polar surface area (TPSA) is 94.8 Å². The first-order valence-corrected chi connectivity index (χ1v) is 8.63. The van der Waals surface area contributed by atoms with E-state index in [0.29, 0.717) is 11.3 Å². The lowest BCUT2D eigenvalue weighted by molar-refractivity contribution is -0.150. The molecule has 0 atom stereocenters. The number of esters is 1. The number of carbonyl (C=O) groups excluding carboxylic acids is 2. The molecule has 1 fully saturated rings. The smallest absolute Gasteiger partial charge is 0.344 e. The molecule has 0 unspecified atom stereocenters. The quantitative estimate of drug-likeness (QED) is 0.627. The molecule has 7 nitrogen and oxygen atoms in total. The van der Waals surface area contributed by atoms with E-state index in [9.17, 15) is 14.4 Å². The second kappa shape index (κ2) is 8.03. The molecule has 138 valence electrons. The Morgan fingerprint density at radius 1 is 1.19 bits per heavy atom. The van der Waals surface area contributed by atoms with Crippen LogP contribution in [0.4, 0.5) is 0 Å². The third-order valence-electron chi connectivity index (χ3n) is 4.36. The van der Waals surface area contributed by atoms with Crippen molar-refractivity contribution in [2.24, 2.45) is 0 Å². The highest BCUT2D eigenvalue weighted by Gasteiger charge is 2.18. The molecule has 1 N–H and O–H groups in total. The van der Waals surface area contributed by atoms with Crippen molar-refractivity contribution in [3.63, 3.8) is 0 Å². The number of benzene rings is 1. The zero-order valence-corrected chi connectivity index (χ0v) is 14.6. The summed E-state index contributed by atoms with van der Waals surface area (Å²) in [5.74, 6) is -0.566. The Morgan fingerprint density at radius 2 is 1.96 bits per heavy atom. The lowest BCUT2D eigenvalue weighted by Gasteiger charge is -2.12. The Labute approximate surface area is 150 Å². The van der Waals surface area contributed by atoms with Crippen LogP contribution < -0.4 is 15.7 Å². The summed E-state index contributed by atoms with van der Waals surface area (Å²) in [6, 6.07) is 6.58. The van der Waals surface area contributed by atoms with Crippen molar-refractivity contribution in [2.45, 2.75) is 38.6 Å². The van der Waals surface area contributed by atoms with Crippen LogP contribution in [0.1, 0.15) is 31.2 Å². The molecule has 1 aliphatic rings. The van der Waals surface area contributed by atoms with Crippen LogP contribution in [0.5, 0.6) is 5.75 Å². The molecule has 1 aromatic heterocycles. The number of hydrogen-bond acceptors (Lipinski definition) is 6. The molecule has 1 heterocycles. The van der Waals surface area contributed by atoms with Crippen molar-refractivity contribution in [1.82, 2.24) is 5.32 Å². The number of amides is 1. The molecular weight excluding hydrogens is 338 g/mol. The summed E-state index contributed by atoms with van der Waals surface area (Å²) in [4.78, 5) is 34.9. The molecule has 1 aromatic carbocycles. The van der Waals surface area contributed by atoms with Crippen molar-refractivity contribution < 1.29 is 23.5 Å². The molecule has 1 saturated carbocycles. The van der Waals surface area contributed by atoms with Crippen molar-refractivity contribution >= 4 is 22.8 Å². The summed E-state index contributed by atoms with van der Waals surface area (Å²) in [5.41, 5.74) is 0.743. The van der Waals surface area contributed by atoms with E-state index in [1.807, 2.05) is 6.92 Å². The Bertz CT molecular complexity index is 866. The van der Waals surface area contributed by atoms with Gasteiger partial charge in [-0.05, 0) is 37.5 Å². The second-order valence-electron chi connectivity index (χ2n) is 6.40. The van der Waals surface area contributed by atoms with Crippen LogP contribution in [-0.2, 0) is 14.3 Å². The molecule has 2 aromatic rings. The molecule has 3 rings (SSSR count). The van der Waals surface area contributed by atoms with Crippen LogP contribution in [0, 0.1) is 6.92 Å². The molecule has 1 aliphatic carbocycles. The van der Waals surface area contributed by atoms with Crippen LogP contribution >= 0.6 is 0 Å². The predicted molar refractivity (Wildman–Crippen MR) is 94.1 cm³/mol. The highest BCUT2D eigenvalue weighted by atomic mass is 16.6. The van der Waals surface area contributed by atoms with Crippen LogP contribution in [-0.4, -0.2) is 31.1 Å². The fourth-order valence-corrected chi connectivity index (χ4v) is 3.06. The maximum atomic E-state index is 11.7. The third-order valence-corrected chi connectivity index (χ3v) is 4.36. The fourth-order valence-electron chi connectivity index (χ4n) is 3.06. The van der Waals surface area contributed by atoms with E-state index in [0.717, 1.165) is 36.6 Å². The van der Waals surface area contributed by atoms with Gasteiger partial charge in [-0.2, -0.15) is 0 Å². The molecule has 0 radical (unpaired) electrons. The molecule has 7 heteroatoms. The zero-order chi connectivity index (χ0) is 18.5. The van der Waals surface area contributed by atoms with E-state index in [1.165, 1.54) is 6.07 Å². The van der Waals surface area contributed by atoms with Gasteiger partial charge in [-0.15, -0.1) is 0 Å². The molecule has 0 bridgehead atoms. The zero-order valence-electron chi connectivity index (χ0n) is 14.6. The number of carbonyl (C=O) groups is 2. The van der Waals surface area contributed by atoms with Gasteiger partial charge in [0.2, 0.25) is 0 Å². The molecule has 0 spiro atoms. The summed E-state index contributed by atoms with van der Waals surface area (Å²) < 4.78 is 15.4. The third kappa shape index (κ3) is 4.62. The lowest BCUT2D eigenvalue weighted by atomic mass is 10.1. The Hall–Kier alpha value is -2.83. The van der Waals surface area contributed by atoms with Gasteiger partial charge >= 0.3 is 11.6 Å². The van der Waals surface area contributed by atoms with Crippen molar-refractivity contribution in [3.05, 3.63) is 40.2 Å². The standard InChI is InChI=1S/C19H21NO6/c1-12-8-18(22)26-16-9-14(6-7-15(12)16)24-11-19(23)25-10-17(21)20-13-4-2-3-5-13/h6-9,13H,2-5,10-11H2,1H3,(H,20,21). The van der Waals surface area contributed by atoms with Gasteiger partial charge in [0.1, 0.15) is 11.3 Å². The maximum absolute atomic E-state index is 11.7. The molecular formula is C19H21NO6. The minimum Gasteiger partial charge on any atom is -0.482 e. The summed E-state index contributed by atoms with van der Waals surface area (Å²) >= 11 is 0. The molecule has 0 saturated heterocycles. The minimum absolute atomic E-state index is 0.188. The van der Waals surface area contributed by atoms with Crippen LogP contribution in [0.15, 0.2) is 33.5 Å². The monoisotopic (exact) mass is 359 g/mol. The van der Waals surface area contributed by atoms with E-state index in [-0.39, 0.29) is 25.2 Å². The van der Waals surface area contributed by atoms with Gasteiger partial charge in [0, 0.05) is 23.6 Å². The summed E-state index contributed by atoms with van der Waals surface area (Å²) in [6.07, 6.45) is 4.18. The van der Waals surface area contributed by atoms with Crippen LogP contribution in [0.3, 0.4) is 0 Å². The number of hydrogen-bond donors (Lipinski definition) is 1. The Morgan fingerprint density at radius 3 is 2.73 bits per heavy atom. The Kier molecular flexibility index (Phi) is 5.55. The number of fused-ring (bicyclic) bond motifs is 1. The number of rotatable bonds is 6. The van der Waals surface area contributed by atoms with Gasteiger partial charge in [-0.3, -0.25) is 4.79 Å². The van der Waals surface area contributed by atoms with Gasteiger partial charge < -0.3 is 19.2 Å². The second-order valence-corrected chi connectivity index (χ2v) is 6.40. The van der Waals surface area contributed by atoms with E-state index in [1.54, 1.807) is 18.2 Å². The average molecular weight is 359 g/mol. The average Bonchev–Trinajstić information content (AvgIpc) is 3.10. The van der Waals surface area contributed by atoms with Crippen LogP contribution in [0.25, 0.3) is 11.0 Å². The Balaban J connectivity index is 1.48. The van der Waals surface area contributed by atoms with E-state index >= 15 is 0 Å². The summed E-state index contributed by atoms with van der Waals surface area (Å²) in [7, 11) is 0. The van der Waals surface area contributed by atoms with Gasteiger partial charge in [-0.1, -0.05) is 12.8 Å². The molecule has 0 aliphatic heterocycles. The lowest BCUT2D eigenvalue weighted by Crippen LogP contribution is -2.36. The number of aryl methyl sites for hydroxylation is 1. The highest BCUT2D eigenvalue weighted by Crippen LogP contribution is 2.22. The summed E-state index contributed by atoms with van der Waals surface area (Å²) in [6.45, 7) is 1.16. The number of ether oxygens (including phenoxy) is 2. The minimum atomic E-state index is -0.641. The number of nitrogens with one attached hydrogen (secondary N) is 1. The molecule has 1 amide bonds. The van der Waals surface area contributed by atoms with Crippen LogP contribution in [0.2, 0.25) is 0 Å². The summed E-state index contributed by atoms with van der Waals surface area (Å²) in [5, 5.41) is 3.63. The van der Waals surface area contributed by atoms with Gasteiger partial charge in [0.05, 0.1) is 0 Å². The van der Waals surface area contributed by atoms with Gasteiger partial charge in [0.15, 0.2) is 13.2 Å². The highest BCUT2D eigenvalue weighted by molar-refractivity contribution is 5.82. The van der Waals surface area contributed by atoms with Gasteiger partial charge in [0.25, 0.3) is 5.91 Å². The van der Waals surface area contributed by atoms with Crippen molar-refractivity contribution in [1.29, 1.82) is 0 Å². The van der Waals surface area contributed by atoms with Crippen molar-refractivity contribution in [2.75, 3.05) is 13.2 Å². The fraction of sp³-hybridized carbons (Fsp3) is 0.421. The first-order valence-electron chi connectivity index (χ1n) is 8.63. The van der Waals surface area contributed by atoms with E-state index < -0.39 is 11.6 Å².